The zero-order valence-electron chi connectivity index (χ0n) is 21.9. The second kappa shape index (κ2) is 12.6. The van der Waals surface area contributed by atoms with Crippen molar-refractivity contribution in [1.29, 1.82) is 5.26 Å². The minimum absolute atomic E-state index is 0.180. The Morgan fingerprint density at radius 3 is 2.21 bits per heavy atom. The van der Waals surface area contributed by atoms with E-state index in [4.69, 9.17) is 10.4 Å². The van der Waals surface area contributed by atoms with Gasteiger partial charge in [-0.1, -0.05) is 49.2 Å². The highest BCUT2D eigenvalue weighted by Gasteiger charge is 2.24. The van der Waals surface area contributed by atoms with Gasteiger partial charge in [-0.05, 0) is 75.6 Å². The van der Waals surface area contributed by atoms with Gasteiger partial charge in [0.25, 0.3) is 0 Å². The summed E-state index contributed by atoms with van der Waals surface area (Å²) in [5, 5.41) is 23.2. The van der Waals surface area contributed by atoms with Crippen molar-refractivity contribution in [2.45, 2.75) is 62.9 Å². The molecular formula is C29H34N4O4S. The highest BCUT2D eigenvalue weighted by molar-refractivity contribution is 7.89. The van der Waals surface area contributed by atoms with Crippen molar-refractivity contribution in [3.05, 3.63) is 78.4 Å². The largest absolute Gasteiger partial charge is 0.465 e. The number of sulfonamides is 1. The average molecular weight is 535 g/mol. The van der Waals surface area contributed by atoms with Crippen LogP contribution in [0.25, 0.3) is 11.1 Å². The van der Waals surface area contributed by atoms with E-state index in [-0.39, 0.29) is 4.90 Å². The van der Waals surface area contributed by atoms with Gasteiger partial charge >= 0.3 is 6.09 Å². The van der Waals surface area contributed by atoms with Gasteiger partial charge in [0.05, 0.1) is 16.5 Å². The molecule has 1 amide bonds. The maximum Gasteiger partial charge on any atom is 0.409 e. The predicted octanol–water partition coefficient (Wildman–Crippen LogP) is 6.43. The number of benzene rings is 3. The fourth-order valence-electron chi connectivity index (χ4n) is 4.24. The van der Waals surface area contributed by atoms with Crippen LogP contribution in [-0.4, -0.2) is 31.2 Å². The lowest BCUT2D eigenvalue weighted by molar-refractivity contribution is 0.209. The maximum absolute atomic E-state index is 12.7. The summed E-state index contributed by atoms with van der Waals surface area (Å²) in [6.07, 6.45) is 4.03. The number of carboxylic acid groups (broad SMARTS) is 1. The quantitative estimate of drug-likeness (QED) is 0.288. The molecule has 9 heteroatoms. The molecule has 0 heterocycles. The maximum atomic E-state index is 12.7. The van der Waals surface area contributed by atoms with Crippen molar-refractivity contribution in [2.75, 3.05) is 10.6 Å². The van der Waals surface area contributed by atoms with Crippen molar-refractivity contribution in [2.24, 2.45) is 0 Å². The number of nitrogens with zero attached hydrogens (tertiary/aromatic N) is 1. The lowest BCUT2D eigenvalue weighted by Crippen LogP contribution is -2.40. The zero-order valence-corrected chi connectivity index (χ0v) is 22.7. The number of hydrogen-bond donors (Lipinski definition) is 4. The molecule has 0 spiro atoms. The lowest BCUT2D eigenvalue weighted by Gasteiger charge is -2.21. The molecule has 1 saturated carbocycles. The number of hydrogen-bond acceptors (Lipinski definition) is 5. The second-order valence-electron chi connectivity index (χ2n) is 10.2. The number of carbonyl (C=O) groups is 1. The molecule has 0 aliphatic heterocycles. The molecule has 38 heavy (non-hydrogen) atoms. The molecule has 1 aliphatic rings. The molecule has 0 atom stereocenters. The van der Waals surface area contributed by atoms with Crippen LogP contribution in [0.4, 0.5) is 16.2 Å². The van der Waals surface area contributed by atoms with Gasteiger partial charge < -0.3 is 10.4 Å². The standard InChI is InChI=1S/C17H20N2O4S.C12H14N2/c1-17(2,3)19-24(22,23)15-7-5-4-6-14(15)12-8-10-13(11-9-12)18-16(20)21;13-9-10-4-3-7-12(8-10)14-11-5-1-2-6-11/h4-11,18-19H,1-3H3,(H,20,21);3-4,7-8,11,14H,1-2,5-6H2. The summed E-state index contributed by atoms with van der Waals surface area (Å²) in [6.45, 7) is 5.33. The summed E-state index contributed by atoms with van der Waals surface area (Å²) in [6, 6.07) is 23.7. The molecule has 1 fully saturated rings. The molecule has 4 N–H and O–H groups in total. The lowest BCUT2D eigenvalue weighted by atomic mass is 10.1. The number of anilines is 2. The Labute approximate surface area is 224 Å². The van der Waals surface area contributed by atoms with E-state index >= 15 is 0 Å². The van der Waals surface area contributed by atoms with Crippen molar-refractivity contribution in [1.82, 2.24) is 4.72 Å². The first-order valence-corrected chi connectivity index (χ1v) is 14.0. The van der Waals surface area contributed by atoms with Crippen LogP contribution in [0.5, 0.6) is 0 Å². The third-order valence-corrected chi connectivity index (χ3v) is 7.60. The molecule has 4 rings (SSSR count). The molecule has 3 aromatic rings. The third-order valence-electron chi connectivity index (χ3n) is 5.78. The van der Waals surface area contributed by atoms with Crippen LogP contribution in [0.2, 0.25) is 0 Å². The zero-order chi connectivity index (χ0) is 27.8. The van der Waals surface area contributed by atoms with E-state index in [1.54, 1.807) is 69.3 Å². The van der Waals surface area contributed by atoms with Crippen LogP contribution in [0.15, 0.2) is 77.7 Å². The molecule has 0 bridgehead atoms. The second-order valence-corrected chi connectivity index (χ2v) is 11.8. The topological polar surface area (TPSA) is 131 Å². The minimum atomic E-state index is -3.69. The first-order valence-electron chi connectivity index (χ1n) is 12.5. The van der Waals surface area contributed by atoms with Crippen LogP contribution in [-0.2, 0) is 10.0 Å². The Bertz CT molecular complexity index is 1390. The first kappa shape index (κ1) is 28.7. The number of nitriles is 1. The monoisotopic (exact) mass is 534 g/mol. The number of amides is 1. The van der Waals surface area contributed by atoms with Gasteiger partial charge in [0.2, 0.25) is 10.0 Å². The van der Waals surface area contributed by atoms with Gasteiger partial charge in [-0.15, -0.1) is 0 Å². The summed E-state index contributed by atoms with van der Waals surface area (Å²) >= 11 is 0. The Hall–Kier alpha value is -3.87. The first-order chi connectivity index (χ1) is 18.0. The van der Waals surface area contributed by atoms with E-state index in [0.717, 1.165) is 11.3 Å². The van der Waals surface area contributed by atoms with Crippen LogP contribution < -0.4 is 15.4 Å². The molecule has 0 saturated heterocycles. The SMILES string of the molecule is CC(C)(C)NS(=O)(=O)c1ccccc1-c1ccc(NC(=O)O)cc1.N#Cc1cccc(NC2CCCC2)c1. The molecular weight excluding hydrogens is 500 g/mol. The van der Waals surface area contributed by atoms with Gasteiger partial charge in [-0.3, -0.25) is 5.32 Å². The van der Waals surface area contributed by atoms with Gasteiger partial charge in [0, 0.05) is 28.5 Å². The third kappa shape index (κ3) is 8.61. The predicted molar refractivity (Wildman–Crippen MR) is 151 cm³/mol. The fraction of sp³-hybridized carbons (Fsp3) is 0.310. The molecule has 200 valence electrons. The van der Waals surface area contributed by atoms with E-state index in [9.17, 15) is 13.2 Å². The fourth-order valence-corrected chi connectivity index (χ4v) is 5.89. The molecule has 0 aromatic heterocycles. The van der Waals surface area contributed by atoms with Gasteiger partial charge in [-0.2, -0.15) is 5.26 Å². The van der Waals surface area contributed by atoms with Crippen molar-refractivity contribution < 1.29 is 18.3 Å². The summed E-state index contributed by atoms with van der Waals surface area (Å²) in [4.78, 5) is 10.8. The Morgan fingerprint density at radius 1 is 0.947 bits per heavy atom. The van der Waals surface area contributed by atoms with Gasteiger partial charge in [-0.25, -0.2) is 17.9 Å². The van der Waals surface area contributed by atoms with Gasteiger partial charge in [0.15, 0.2) is 0 Å². The van der Waals surface area contributed by atoms with Crippen LogP contribution >= 0.6 is 0 Å². The van der Waals surface area contributed by atoms with Crippen LogP contribution in [0.3, 0.4) is 0 Å². The number of rotatable bonds is 6. The van der Waals surface area contributed by atoms with E-state index in [1.807, 2.05) is 24.3 Å². The highest BCUT2D eigenvalue weighted by Crippen LogP contribution is 2.29. The molecule has 3 aromatic carbocycles. The van der Waals surface area contributed by atoms with Crippen LogP contribution in [0, 0.1) is 11.3 Å². The Kier molecular flexibility index (Phi) is 9.50. The average Bonchev–Trinajstić information content (AvgIpc) is 3.36. The van der Waals surface area contributed by atoms with E-state index < -0.39 is 21.7 Å². The van der Waals surface area contributed by atoms with Crippen molar-refractivity contribution in [3.63, 3.8) is 0 Å². The molecule has 1 aliphatic carbocycles. The van der Waals surface area contributed by atoms with Crippen molar-refractivity contribution in [3.8, 4) is 17.2 Å². The Morgan fingerprint density at radius 2 is 1.61 bits per heavy atom. The van der Waals surface area contributed by atoms with Gasteiger partial charge in [0.1, 0.15) is 0 Å². The highest BCUT2D eigenvalue weighted by atomic mass is 32.2. The van der Waals surface area contributed by atoms with Crippen molar-refractivity contribution >= 4 is 27.5 Å². The summed E-state index contributed by atoms with van der Waals surface area (Å²) in [5.74, 6) is 0. The van der Waals surface area contributed by atoms with E-state index in [0.29, 0.717) is 22.9 Å². The summed E-state index contributed by atoms with van der Waals surface area (Å²) in [5.41, 5.74) is 2.86. The van der Waals surface area contributed by atoms with Crippen LogP contribution in [0.1, 0.15) is 52.0 Å². The normalized spacial score (nSPS) is 13.6. The summed E-state index contributed by atoms with van der Waals surface area (Å²) in [7, 11) is -3.69. The Balaban J connectivity index is 0.000000241. The molecule has 8 nitrogen and oxygen atoms in total. The summed E-state index contributed by atoms with van der Waals surface area (Å²) < 4.78 is 27.9. The number of nitrogens with one attached hydrogen (secondary N) is 3. The molecule has 0 unspecified atom stereocenters. The van der Waals surface area contributed by atoms with E-state index in [1.165, 1.54) is 25.7 Å². The molecule has 0 radical (unpaired) electrons. The smallest absolute Gasteiger partial charge is 0.409 e. The minimum Gasteiger partial charge on any atom is -0.465 e. The van der Waals surface area contributed by atoms with E-state index in [2.05, 4.69) is 21.4 Å².